The van der Waals surface area contributed by atoms with E-state index in [1.54, 1.807) is 18.2 Å². The highest BCUT2D eigenvalue weighted by Crippen LogP contribution is 2.34. The Labute approximate surface area is 110 Å². The van der Waals surface area contributed by atoms with E-state index in [0.29, 0.717) is 23.7 Å². The molecule has 92 valence electrons. The van der Waals surface area contributed by atoms with Crippen LogP contribution in [0.2, 0.25) is 5.02 Å². The molecule has 2 aromatic rings. The lowest BCUT2D eigenvalue weighted by molar-refractivity contribution is 0.401. The molecule has 4 heteroatoms. The molecule has 0 amide bonds. The summed E-state index contributed by atoms with van der Waals surface area (Å²) in [5, 5.41) is 22.8. The van der Waals surface area contributed by atoms with Crippen LogP contribution in [-0.2, 0) is 13.1 Å². The van der Waals surface area contributed by atoms with Gasteiger partial charge in [-0.3, -0.25) is 0 Å². The maximum absolute atomic E-state index is 11.3. The minimum atomic E-state index is 0.191. The number of hydrogen-bond acceptors (Lipinski definition) is 3. The molecule has 0 fully saturated rings. The lowest BCUT2D eigenvalue weighted by Gasteiger charge is -2.19. The van der Waals surface area contributed by atoms with Crippen LogP contribution in [0, 0.1) is 5.21 Å². The van der Waals surface area contributed by atoms with Crippen molar-refractivity contribution in [2.45, 2.75) is 13.1 Å². The Bertz CT molecular complexity index is 613. The topological polar surface area (TPSA) is 46.5 Å². The van der Waals surface area contributed by atoms with Crippen LogP contribution >= 0.6 is 11.6 Å². The minimum Gasteiger partial charge on any atom is -0.785 e. The maximum atomic E-state index is 11.3. The van der Waals surface area contributed by atoms with Gasteiger partial charge in [0.05, 0.1) is 0 Å². The van der Waals surface area contributed by atoms with Crippen LogP contribution in [0.5, 0.6) is 5.75 Å². The number of fused-ring (bicyclic) bond motifs is 1. The fraction of sp³-hybridized carbons (Fsp3) is 0.143. The molecule has 0 spiro atoms. The average Bonchev–Trinajstić information content (AvgIpc) is 2.71. The molecule has 0 saturated carbocycles. The Kier molecular flexibility index (Phi) is 2.74. The molecule has 1 aliphatic rings. The number of phenolic OH excluding ortho intramolecular Hbond substituents is 1. The fourth-order valence-corrected chi connectivity index (χ4v) is 2.44. The smallest absolute Gasteiger partial charge is 0.123 e. The van der Waals surface area contributed by atoms with Crippen LogP contribution in [0.15, 0.2) is 36.4 Å². The summed E-state index contributed by atoms with van der Waals surface area (Å²) < 4.78 is 0. The van der Waals surface area contributed by atoms with E-state index in [9.17, 15) is 10.3 Å². The number of benzene rings is 2. The molecule has 0 atom stereocenters. The standard InChI is InChI=1S/C14H11ClNO2/c15-12-3-4-14(17)13(6-12)9-1-2-10-7-16(18)8-11(10)5-9/h1-6,17H,7-8H2/q-1. The van der Waals surface area contributed by atoms with E-state index >= 15 is 0 Å². The van der Waals surface area contributed by atoms with Crippen molar-refractivity contribution in [1.29, 1.82) is 0 Å². The molecule has 3 nitrogen and oxygen atoms in total. The van der Waals surface area contributed by atoms with Gasteiger partial charge < -0.3 is 15.4 Å². The zero-order chi connectivity index (χ0) is 12.7. The summed E-state index contributed by atoms with van der Waals surface area (Å²) in [6.45, 7) is 0.849. The van der Waals surface area contributed by atoms with Crippen molar-refractivity contribution in [2.75, 3.05) is 0 Å². The van der Waals surface area contributed by atoms with Gasteiger partial charge >= 0.3 is 0 Å². The second kappa shape index (κ2) is 4.28. The van der Waals surface area contributed by atoms with Gasteiger partial charge in [-0.25, -0.2) is 0 Å². The highest BCUT2D eigenvalue weighted by atomic mass is 35.5. The van der Waals surface area contributed by atoms with Crippen LogP contribution in [0.25, 0.3) is 11.1 Å². The summed E-state index contributed by atoms with van der Waals surface area (Å²) in [4.78, 5) is 0. The highest BCUT2D eigenvalue weighted by molar-refractivity contribution is 6.31. The van der Waals surface area contributed by atoms with Gasteiger partial charge in [0.1, 0.15) is 5.75 Å². The minimum absolute atomic E-state index is 0.191. The van der Waals surface area contributed by atoms with Crippen molar-refractivity contribution in [2.24, 2.45) is 0 Å². The van der Waals surface area contributed by atoms with E-state index in [4.69, 9.17) is 11.6 Å². The predicted octanol–water partition coefficient (Wildman–Crippen LogP) is 3.53. The first-order valence-electron chi connectivity index (χ1n) is 5.66. The summed E-state index contributed by atoms with van der Waals surface area (Å²) in [7, 11) is 0. The van der Waals surface area contributed by atoms with Gasteiger partial charge in [-0.1, -0.05) is 23.7 Å². The number of hydrogen-bond donors (Lipinski definition) is 1. The first-order valence-corrected chi connectivity index (χ1v) is 6.04. The molecule has 0 radical (unpaired) electrons. The molecular weight excluding hydrogens is 250 g/mol. The molecule has 18 heavy (non-hydrogen) atoms. The molecule has 0 aliphatic carbocycles. The van der Waals surface area contributed by atoms with Gasteiger partial charge in [0.25, 0.3) is 0 Å². The number of phenols is 1. The molecular formula is C14H11ClNO2-. The molecule has 3 rings (SSSR count). The quantitative estimate of drug-likeness (QED) is 0.853. The molecule has 0 aromatic heterocycles. The van der Waals surface area contributed by atoms with Crippen molar-refractivity contribution >= 4 is 11.6 Å². The molecule has 1 aliphatic heterocycles. The van der Waals surface area contributed by atoms with Crippen LogP contribution in [0.3, 0.4) is 0 Å². The zero-order valence-corrected chi connectivity index (χ0v) is 10.3. The monoisotopic (exact) mass is 260 g/mol. The number of aromatic hydroxyl groups is 1. The summed E-state index contributed by atoms with van der Waals surface area (Å²) >= 11 is 5.94. The second-order valence-electron chi connectivity index (χ2n) is 4.44. The largest absolute Gasteiger partial charge is 0.785 e. The molecule has 2 aromatic carbocycles. The first kappa shape index (κ1) is 11.5. The highest BCUT2D eigenvalue weighted by Gasteiger charge is 2.14. The molecule has 0 unspecified atom stereocenters. The Morgan fingerprint density at radius 2 is 1.83 bits per heavy atom. The number of halogens is 1. The third-order valence-electron chi connectivity index (χ3n) is 3.17. The van der Waals surface area contributed by atoms with E-state index < -0.39 is 0 Å². The first-order chi connectivity index (χ1) is 8.63. The molecule has 0 saturated heterocycles. The van der Waals surface area contributed by atoms with Crippen LogP contribution < -0.4 is 0 Å². The number of rotatable bonds is 1. The predicted molar refractivity (Wildman–Crippen MR) is 71.2 cm³/mol. The van der Waals surface area contributed by atoms with Gasteiger partial charge in [0.15, 0.2) is 0 Å². The van der Waals surface area contributed by atoms with Crippen LogP contribution in [0.4, 0.5) is 0 Å². The van der Waals surface area contributed by atoms with Crippen molar-refractivity contribution in [1.82, 2.24) is 5.06 Å². The van der Waals surface area contributed by atoms with Crippen molar-refractivity contribution in [3.8, 4) is 16.9 Å². The summed E-state index contributed by atoms with van der Waals surface area (Å²) in [6, 6.07) is 10.7. The number of hydroxylamine groups is 2. The van der Waals surface area contributed by atoms with E-state index in [2.05, 4.69) is 0 Å². The van der Waals surface area contributed by atoms with Gasteiger partial charge in [-0.2, -0.15) is 0 Å². The van der Waals surface area contributed by atoms with Crippen LogP contribution in [-0.4, -0.2) is 10.2 Å². The average molecular weight is 261 g/mol. The van der Waals surface area contributed by atoms with Gasteiger partial charge in [-0.15, -0.1) is 0 Å². The Hall–Kier alpha value is -1.55. The van der Waals surface area contributed by atoms with Gasteiger partial charge in [-0.05, 0) is 41.0 Å². The lowest BCUT2D eigenvalue weighted by atomic mass is 10.00. The SMILES string of the molecule is [O-]N1Cc2ccc(-c3cc(Cl)ccc3O)cc2C1. The normalized spacial score (nSPS) is 14.8. The van der Waals surface area contributed by atoms with E-state index in [0.717, 1.165) is 21.8 Å². The van der Waals surface area contributed by atoms with Gasteiger partial charge in [0.2, 0.25) is 0 Å². The Balaban J connectivity index is 2.08. The van der Waals surface area contributed by atoms with E-state index in [-0.39, 0.29) is 5.75 Å². The van der Waals surface area contributed by atoms with Crippen molar-refractivity contribution < 1.29 is 5.11 Å². The molecule has 1 N–H and O–H groups in total. The lowest BCUT2D eigenvalue weighted by Crippen LogP contribution is -2.04. The maximum Gasteiger partial charge on any atom is 0.123 e. The van der Waals surface area contributed by atoms with E-state index in [1.165, 1.54) is 0 Å². The third-order valence-corrected chi connectivity index (χ3v) is 3.40. The Morgan fingerprint density at radius 3 is 2.67 bits per heavy atom. The van der Waals surface area contributed by atoms with Crippen LogP contribution in [0.1, 0.15) is 11.1 Å². The Morgan fingerprint density at radius 1 is 1.06 bits per heavy atom. The third kappa shape index (κ3) is 1.97. The van der Waals surface area contributed by atoms with E-state index in [1.807, 2.05) is 18.2 Å². The summed E-state index contributed by atoms with van der Waals surface area (Å²) in [5.41, 5.74) is 3.64. The number of nitrogens with zero attached hydrogens (tertiary/aromatic N) is 1. The summed E-state index contributed by atoms with van der Waals surface area (Å²) in [6.07, 6.45) is 0. The second-order valence-corrected chi connectivity index (χ2v) is 4.88. The summed E-state index contributed by atoms with van der Waals surface area (Å²) in [5.74, 6) is 0.191. The van der Waals surface area contributed by atoms with Crippen molar-refractivity contribution in [3.05, 3.63) is 57.8 Å². The zero-order valence-electron chi connectivity index (χ0n) is 9.56. The fourth-order valence-electron chi connectivity index (χ4n) is 2.27. The molecule has 0 bridgehead atoms. The molecule has 1 heterocycles. The van der Waals surface area contributed by atoms with Crippen molar-refractivity contribution in [3.63, 3.8) is 0 Å². The van der Waals surface area contributed by atoms with Gasteiger partial charge in [0, 0.05) is 23.7 Å².